The van der Waals surface area contributed by atoms with Crippen LogP contribution in [0.5, 0.6) is 5.75 Å². The number of carbonyl (C=O) groups is 2. The fourth-order valence-corrected chi connectivity index (χ4v) is 3.48. The summed E-state index contributed by atoms with van der Waals surface area (Å²) >= 11 is 0. The number of anilines is 1. The number of ether oxygens (including phenoxy) is 1. The van der Waals surface area contributed by atoms with Crippen molar-refractivity contribution in [1.82, 2.24) is 15.6 Å². The molecule has 7 nitrogen and oxygen atoms in total. The van der Waals surface area contributed by atoms with E-state index < -0.39 is 0 Å². The van der Waals surface area contributed by atoms with Crippen molar-refractivity contribution < 1.29 is 14.3 Å². The molecule has 182 valence electrons. The Morgan fingerprint density at radius 2 is 1.86 bits per heavy atom. The van der Waals surface area contributed by atoms with Crippen molar-refractivity contribution in [2.75, 3.05) is 5.32 Å². The van der Waals surface area contributed by atoms with Crippen LogP contribution in [0.2, 0.25) is 0 Å². The number of aryl methyl sites for hydroxylation is 1. The molecule has 1 fully saturated rings. The number of nitrogens with one attached hydrogen (secondary N) is 3. The molecule has 1 heterocycles. The van der Waals surface area contributed by atoms with Crippen molar-refractivity contribution >= 4 is 17.5 Å². The number of amides is 2. The van der Waals surface area contributed by atoms with Crippen LogP contribution in [0.1, 0.15) is 64.2 Å². The molecule has 0 bridgehead atoms. The number of pyridine rings is 1. The summed E-state index contributed by atoms with van der Waals surface area (Å²) in [6, 6.07) is 17.1. The van der Waals surface area contributed by atoms with E-state index in [4.69, 9.17) is 4.74 Å². The maximum Gasteiger partial charge on any atom is 0.259 e. The number of carbonyl (C=O) groups excluding carboxylic acids is 2. The van der Waals surface area contributed by atoms with Crippen molar-refractivity contribution in [1.29, 1.82) is 0 Å². The first-order valence-corrected chi connectivity index (χ1v) is 12.0. The summed E-state index contributed by atoms with van der Waals surface area (Å²) in [5.41, 5.74) is 4.29. The quantitative estimate of drug-likeness (QED) is 0.401. The molecule has 35 heavy (non-hydrogen) atoms. The molecule has 3 N–H and O–H groups in total. The van der Waals surface area contributed by atoms with Crippen LogP contribution in [-0.4, -0.2) is 28.9 Å². The third-order valence-electron chi connectivity index (χ3n) is 5.77. The lowest BCUT2D eigenvalue weighted by atomic mass is 10.1. The van der Waals surface area contributed by atoms with Gasteiger partial charge in [0.15, 0.2) is 0 Å². The predicted octanol–water partition coefficient (Wildman–Crippen LogP) is 4.61. The first-order chi connectivity index (χ1) is 16.9. The Hall–Kier alpha value is -3.71. The van der Waals surface area contributed by atoms with E-state index in [0.717, 1.165) is 36.2 Å². The molecule has 1 aliphatic rings. The molecule has 2 aromatic carbocycles. The Bertz CT molecular complexity index is 1190. The van der Waals surface area contributed by atoms with Gasteiger partial charge in [-0.05, 0) is 61.2 Å². The van der Waals surface area contributed by atoms with Gasteiger partial charge in [0.05, 0.1) is 11.3 Å². The van der Waals surface area contributed by atoms with Crippen molar-refractivity contribution in [3.05, 3.63) is 88.7 Å². The zero-order valence-electron chi connectivity index (χ0n) is 20.4. The molecule has 1 saturated carbocycles. The first kappa shape index (κ1) is 24.4. The Kier molecular flexibility index (Phi) is 7.77. The number of hydrogen-bond donors (Lipinski definition) is 3. The van der Waals surface area contributed by atoms with E-state index >= 15 is 0 Å². The number of hydrogen-bond acceptors (Lipinski definition) is 5. The van der Waals surface area contributed by atoms with E-state index in [1.54, 1.807) is 30.3 Å². The molecule has 1 aromatic heterocycles. The van der Waals surface area contributed by atoms with Gasteiger partial charge in [0.1, 0.15) is 12.4 Å². The van der Waals surface area contributed by atoms with Crippen LogP contribution >= 0.6 is 0 Å². The SMILES string of the molecule is Cc1ccc(C(=O)NC2CC2)cc1NC(=O)c1ccccc1OCc1ccc(CNC(C)C)cn1. The topological polar surface area (TPSA) is 92.4 Å². The smallest absolute Gasteiger partial charge is 0.259 e. The molecule has 4 rings (SSSR count). The minimum Gasteiger partial charge on any atom is -0.486 e. The van der Waals surface area contributed by atoms with E-state index in [9.17, 15) is 9.59 Å². The Balaban J connectivity index is 1.41. The van der Waals surface area contributed by atoms with Crippen LogP contribution in [0.25, 0.3) is 0 Å². The molecule has 7 heteroatoms. The molecule has 0 atom stereocenters. The van der Waals surface area contributed by atoms with Gasteiger partial charge in [0.2, 0.25) is 0 Å². The van der Waals surface area contributed by atoms with Gasteiger partial charge in [-0.1, -0.05) is 38.1 Å². The lowest BCUT2D eigenvalue weighted by Gasteiger charge is -2.14. The zero-order valence-corrected chi connectivity index (χ0v) is 20.4. The van der Waals surface area contributed by atoms with E-state index in [1.807, 2.05) is 37.4 Å². The van der Waals surface area contributed by atoms with E-state index in [0.29, 0.717) is 28.6 Å². The Morgan fingerprint density at radius 3 is 2.57 bits per heavy atom. The summed E-state index contributed by atoms with van der Waals surface area (Å²) < 4.78 is 5.96. The van der Waals surface area contributed by atoms with Gasteiger partial charge in [-0.2, -0.15) is 0 Å². The highest BCUT2D eigenvalue weighted by Gasteiger charge is 2.24. The number of benzene rings is 2. The number of nitrogens with zero attached hydrogens (tertiary/aromatic N) is 1. The minimum atomic E-state index is -0.300. The fourth-order valence-electron chi connectivity index (χ4n) is 3.48. The molecule has 2 amide bonds. The van der Waals surface area contributed by atoms with Gasteiger partial charge in [-0.3, -0.25) is 14.6 Å². The largest absolute Gasteiger partial charge is 0.486 e. The lowest BCUT2D eigenvalue weighted by molar-refractivity contribution is 0.0949. The van der Waals surface area contributed by atoms with Crippen molar-refractivity contribution in [3.8, 4) is 5.75 Å². The molecule has 0 unspecified atom stereocenters. The average Bonchev–Trinajstić information content (AvgIpc) is 3.67. The van der Waals surface area contributed by atoms with E-state index in [1.165, 1.54) is 0 Å². The van der Waals surface area contributed by atoms with E-state index in [2.05, 4.69) is 34.8 Å². The minimum absolute atomic E-state index is 0.120. The summed E-state index contributed by atoms with van der Waals surface area (Å²) in [6.07, 6.45) is 3.88. The highest BCUT2D eigenvalue weighted by molar-refractivity contribution is 6.07. The molecule has 0 spiro atoms. The Labute approximate surface area is 206 Å². The van der Waals surface area contributed by atoms with Gasteiger partial charge < -0.3 is 20.7 Å². The Morgan fingerprint density at radius 1 is 1.06 bits per heavy atom. The second-order valence-corrected chi connectivity index (χ2v) is 9.21. The standard InChI is InChI=1S/C28H32N4O3/c1-18(2)29-15-20-9-11-23(30-16-20)17-35-26-7-5-4-6-24(26)28(34)32-25-14-21(10-8-19(25)3)27(33)31-22-12-13-22/h4-11,14,16,18,22,29H,12-13,15,17H2,1-3H3,(H,31,33)(H,32,34). The second kappa shape index (κ2) is 11.1. The van der Waals surface area contributed by atoms with Crippen molar-refractivity contribution in [2.45, 2.75) is 58.8 Å². The van der Waals surface area contributed by atoms with Crippen LogP contribution in [0, 0.1) is 6.92 Å². The van der Waals surface area contributed by atoms with E-state index in [-0.39, 0.29) is 24.5 Å². The lowest BCUT2D eigenvalue weighted by Crippen LogP contribution is -2.25. The van der Waals surface area contributed by atoms with Crippen LogP contribution in [0.4, 0.5) is 5.69 Å². The summed E-state index contributed by atoms with van der Waals surface area (Å²) in [5.74, 6) is 0.0504. The molecular weight excluding hydrogens is 440 g/mol. The average molecular weight is 473 g/mol. The highest BCUT2D eigenvalue weighted by Crippen LogP contribution is 2.24. The number of aromatic nitrogens is 1. The van der Waals surface area contributed by atoms with Crippen LogP contribution in [0.3, 0.4) is 0 Å². The fraction of sp³-hybridized carbons (Fsp3) is 0.321. The van der Waals surface area contributed by atoms with Crippen LogP contribution < -0.4 is 20.7 Å². The van der Waals surface area contributed by atoms with Gasteiger partial charge in [0.25, 0.3) is 11.8 Å². The number of rotatable bonds is 10. The number of para-hydroxylation sites is 1. The molecule has 1 aliphatic carbocycles. The van der Waals surface area contributed by atoms with Crippen LogP contribution in [0.15, 0.2) is 60.8 Å². The summed E-state index contributed by atoms with van der Waals surface area (Å²) in [5, 5.41) is 9.28. The van der Waals surface area contributed by atoms with Crippen LogP contribution in [-0.2, 0) is 13.2 Å². The van der Waals surface area contributed by atoms with Gasteiger partial charge in [0, 0.05) is 36.1 Å². The summed E-state index contributed by atoms with van der Waals surface area (Å²) in [7, 11) is 0. The third-order valence-corrected chi connectivity index (χ3v) is 5.77. The monoisotopic (exact) mass is 472 g/mol. The molecule has 0 saturated heterocycles. The van der Waals surface area contributed by atoms with Crippen molar-refractivity contribution in [2.24, 2.45) is 0 Å². The first-order valence-electron chi connectivity index (χ1n) is 12.0. The molecule has 0 radical (unpaired) electrons. The molecule has 3 aromatic rings. The zero-order chi connectivity index (χ0) is 24.8. The third kappa shape index (κ3) is 6.90. The molecule has 0 aliphatic heterocycles. The highest BCUT2D eigenvalue weighted by atomic mass is 16.5. The van der Waals surface area contributed by atoms with Crippen molar-refractivity contribution in [3.63, 3.8) is 0 Å². The second-order valence-electron chi connectivity index (χ2n) is 9.21. The summed E-state index contributed by atoms with van der Waals surface area (Å²) in [4.78, 5) is 30.0. The predicted molar refractivity (Wildman–Crippen MR) is 137 cm³/mol. The van der Waals surface area contributed by atoms with Gasteiger partial charge in [-0.25, -0.2) is 0 Å². The maximum absolute atomic E-state index is 13.1. The summed E-state index contributed by atoms with van der Waals surface area (Å²) in [6.45, 7) is 7.11. The maximum atomic E-state index is 13.1. The van der Waals surface area contributed by atoms with Gasteiger partial charge >= 0.3 is 0 Å². The van der Waals surface area contributed by atoms with Gasteiger partial charge in [-0.15, -0.1) is 0 Å². The normalized spacial score (nSPS) is 12.9. The molecular formula is C28H32N4O3.